The first kappa shape index (κ1) is 11.9. The van der Waals surface area contributed by atoms with E-state index in [9.17, 15) is 4.79 Å². The first-order chi connectivity index (χ1) is 7.29. The molecule has 2 bridgehead atoms. The van der Waals surface area contributed by atoms with Crippen molar-refractivity contribution in [3.05, 3.63) is 0 Å². The second-order valence-electron chi connectivity index (χ2n) is 6.75. The molecule has 0 aliphatic heterocycles. The number of ether oxygens (including phenoxy) is 1. The fraction of sp³-hybridized carbons (Fsp3) is 0.929. The van der Waals surface area contributed by atoms with E-state index in [4.69, 9.17) is 4.74 Å². The van der Waals surface area contributed by atoms with Gasteiger partial charge in [0.1, 0.15) is 5.60 Å². The standard InChI is InChI=1S/C14H24O2/c1-8-9(2)11-6-10(8)7-12(11)13(15)16-14(3,4)5/h8-12H,6-7H2,1-5H3/t8?,9?,10?,11-,12?/m1/s1. The van der Waals surface area contributed by atoms with E-state index in [-0.39, 0.29) is 17.5 Å². The highest BCUT2D eigenvalue weighted by Crippen LogP contribution is 2.55. The smallest absolute Gasteiger partial charge is 0.309 e. The Bertz CT molecular complexity index is 288. The Balaban J connectivity index is 2.01. The van der Waals surface area contributed by atoms with Gasteiger partial charge in [-0.05, 0) is 57.3 Å². The van der Waals surface area contributed by atoms with E-state index in [2.05, 4.69) is 13.8 Å². The highest BCUT2D eigenvalue weighted by Gasteiger charge is 2.52. The third-order valence-corrected chi connectivity index (χ3v) is 4.61. The zero-order valence-corrected chi connectivity index (χ0v) is 11.1. The molecule has 2 aliphatic rings. The number of fused-ring (bicyclic) bond motifs is 2. The molecule has 0 amide bonds. The quantitative estimate of drug-likeness (QED) is 0.639. The Hall–Kier alpha value is -0.530. The Morgan fingerprint density at radius 3 is 2.19 bits per heavy atom. The summed E-state index contributed by atoms with van der Waals surface area (Å²) < 4.78 is 5.52. The Morgan fingerprint density at radius 2 is 1.75 bits per heavy atom. The van der Waals surface area contributed by atoms with Gasteiger partial charge in [-0.2, -0.15) is 0 Å². The van der Waals surface area contributed by atoms with E-state index in [1.807, 2.05) is 20.8 Å². The lowest BCUT2D eigenvalue weighted by Crippen LogP contribution is -2.35. The molecular weight excluding hydrogens is 200 g/mol. The summed E-state index contributed by atoms with van der Waals surface area (Å²) in [6, 6.07) is 0. The third kappa shape index (κ3) is 1.99. The average Bonchev–Trinajstić information content (AvgIpc) is 2.65. The third-order valence-electron chi connectivity index (χ3n) is 4.61. The number of hydrogen-bond donors (Lipinski definition) is 0. The Kier molecular flexibility index (Phi) is 2.80. The molecule has 2 saturated carbocycles. The van der Waals surface area contributed by atoms with Crippen molar-refractivity contribution >= 4 is 5.97 Å². The van der Waals surface area contributed by atoms with E-state index >= 15 is 0 Å². The van der Waals surface area contributed by atoms with E-state index in [1.54, 1.807) is 0 Å². The monoisotopic (exact) mass is 224 g/mol. The minimum atomic E-state index is -0.340. The molecule has 0 heterocycles. The maximum absolute atomic E-state index is 12.1. The van der Waals surface area contributed by atoms with Crippen molar-refractivity contribution in [3.63, 3.8) is 0 Å². The van der Waals surface area contributed by atoms with Crippen LogP contribution in [0.3, 0.4) is 0 Å². The van der Waals surface area contributed by atoms with Crippen LogP contribution >= 0.6 is 0 Å². The van der Waals surface area contributed by atoms with Crippen LogP contribution < -0.4 is 0 Å². The normalized spacial score (nSPS) is 42.4. The van der Waals surface area contributed by atoms with Gasteiger partial charge in [-0.1, -0.05) is 13.8 Å². The first-order valence-electron chi connectivity index (χ1n) is 6.52. The molecule has 2 nitrogen and oxygen atoms in total. The molecule has 0 saturated heterocycles. The van der Waals surface area contributed by atoms with E-state index in [0.29, 0.717) is 11.8 Å². The van der Waals surface area contributed by atoms with Crippen molar-refractivity contribution in [1.82, 2.24) is 0 Å². The highest BCUT2D eigenvalue weighted by molar-refractivity contribution is 5.74. The van der Waals surface area contributed by atoms with Crippen molar-refractivity contribution in [2.45, 2.75) is 53.1 Å². The maximum Gasteiger partial charge on any atom is 0.309 e. The summed E-state index contributed by atoms with van der Waals surface area (Å²) in [7, 11) is 0. The molecule has 0 aromatic rings. The van der Waals surface area contributed by atoms with Gasteiger partial charge in [0.15, 0.2) is 0 Å². The first-order valence-corrected chi connectivity index (χ1v) is 6.52. The lowest BCUT2D eigenvalue weighted by atomic mass is 9.76. The van der Waals surface area contributed by atoms with Crippen LogP contribution in [-0.4, -0.2) is 11.6 Å². The number of esters is 1. The summed E-state index contributed by atoms with van der Waals surface area (Å²) in [5.41, 5.74) is -0.340. The number of rotatable bonds is 1. The molecule has 2 fully saturated rings. The molecule has 0 aromatic carbocycles. The molecule has 5 atom stereocenters. The lowest BCUT2D eigenvalue weighted by molar-refractivity contribution is -0.163. The molecule has 0 radical (unpaired) electrons. The second-order valence-corrected chi connectivity index (χ2v) is 6.75. The van der Waals surface area contributed by atoms with Crippen LogP contribution in [0.25, 0.3) is 0 Å². The largest absolute Gasteiger partial charge is 0.460 e. The van der Waals surface area contributed by atoms with Crippen molar-refractivity contribution in [1.29, 1.82) is 0 Å². The van der Waals surface area contributed by atoms with Crippen LogP contribution in [0.5, 0.6) is 0 Å². The van der Waals surface area contributed by atoms with Crippen LogP contribution in [0, 0.1) is 29.6 Å². The fourth-order valence-corrected chi connectivity index (χ4v) is 3.59. The molecule has 0 N–H and O–H groups in total. The van der Waals surface area contributed by atoms with Gasteiger partial charge in [0.25, 0.3) is 0 Å². The van der Waals surface area contributed by atoms with Crippen molar-refractivity contribution in [2.24, 2.45) is 29.6 Å². The molecular formula is C14H24O2. The summed E-state index contributed by atoms with van der Waals surface area (Å²) >= 11 is 0. The van der Waals surface area contributed by atoms with Gasteiger partial charge in [-0.15, -0.1) is 0 Å². The lowest BCUT2D eigenvalue weighted by Gasteiger charge is -2.32. The molecule has 92 valence electrons. The molecule has 0 spiro atoms. The van der Waals surface area contributed by atoms with Crippen molar-refractivity contribution < 1.29 is 9.53 Å². The van der Waals surface area contributed by atoms with Gasteiger partial charge in [0.2, 0.25) is 0 Å². The summed E-state index contributed by atoms with van der Waals surface area (Å²) in [5.74, 6) is 3.04. The van der Waals surface area contributed by atoms with Gasteiger partial charge < -0.3 is 4.74 Å². The average molecular weight is 224 g/mol. The highest BCUT2D eigenvalue weighted by atomic mass is 16.6. The molecule has 0 aromatic heterocycles. The molecule has 2 heteroatoms. The maximum atomic E-state index is 12.1. The van der Waals surface area contributed by atoms with Gasteiger partial charge in [0, 0.05) is 0 Å². The number of carbonyl (C=O) groups excluding carboxylic acids is 1. The van der Waals surface area contributed by atoms with E-state index < -0.39 is 0 Å². The van der Waals surface area contributed by atoms with Crippen LogP contribution in [0.4, 0.5) is 0 Å². The SMILES string of the molecule is CC1C2CC(C(=O)OC(C)(C)C)[C@H](C2)C1C. The van der Waals surface area contributed by atoms with Gasteiger partial charge in [-0.25, -0.2) is 0 Å². The van der Waals surface area contributed by atoms with Gasteiger partial charge in [-0.3, -0.25) is 4.79 Å². The molecule has 2 aliphatic carbocycles. The molecule has 16 heavy (non-hydrogen) atoms. The Labute approximate surface area is 98.7 Å². The zero-order valence-electron chi connectivity index (χ0n) is 11.1. The van der Waals surface area contributed by atoms with Crippen molar-refractivity contribution in [3.8, 4) is 0 Å². The van der Waals surface area contributed by atoms with Crippen LogP contribution in [0.1, 0.15) is 47.5 Å². The zero-order chi connectivity index (χ0) is 12.1. The molecule has 2 rings (SSSR count). The van der Waals surface area contributed by atoms with Crippen LogP contribution in [-0.2, 0) is 9.53 Å². The van der Waals surface area contributed by atoms with Gasteiger partial charge >= 0.3 is 5.97 Å². The van der Waals surface area contributed by atoms with Crippen LogP contribution in [0.15, 0.2) is 0 Å². The number of carbonyl (C=O) groups is 1. The van der Waals surface area contributed by atoms with Gasteiger partial charge in [0.05, 0.1) is 5.92 Å². The number of hydrogen-bond acceptors (Lipinski definition) is 2. The predicted octanol–water partition coefficient (Wildman–Crippen LogP) is 3.26. The molecule has 4 unspecified atom stereocenters. The topological polar surface area (TPSA) is 26.3 Å². The summed E-state index contributed by atoms with van der Waals surface area (Å²) in [4.78, 5) is 12.1. The van der Waals surface area contributed by atoms with Crippen LogP contribution in [0.2, 0.25) is 0 Å². The summed E-state index contributed by atoms with van der Waals surface area (Å²) in [5, 5.41) is 0. The van der Waals surface area contributed by atoms with E-state index in [1.165, 1.54) is 6.42 Å². The minimum Gasteiger partial charge on any atom is -0.460 e. The minimum absolute atomic E-state index is 0.0405. The predicted molar refractivity (Wildman–Crippen MR) is 63.9 cm³/mol. The second kappa shape index (κ2) is 3.75. The van der Waals surface area contributed by atoms with Crippen molar-refractivity contribution in [2.75, 3.05) is 0 Å². The fourth-order valence-electron chi connectivity index (χ4n) is 3.59. The van der Waals surface area contributed by atoms with E-state index in [0.717, 1.165) is 18.3 Å². The summed E-state index contributed by atoms with van der Waals surface area (Å²) in [6.07, 6.45) is 2.30. The summed E-state index contributed by atoms with van der Waals surface area (Å²) in [6.45, 7) is 10.5. The Morgan fingerprint density at radius 1 is 1.12 bits per heavy atom.